The van der Waals surface area contributed by atoms with Crippen LogP contribution in [0.1, 0.15) is 62.0 Å². The second kappa shape index (κ2) is 11.5. The molecule has 1 atom stereocenters. The van der Waals surface area contributed by atoms with Gasteiger partial charge in [0.2, 0.25) is 10.0 Å². The maximum atomic E-state index is 12.5. The first-order chi connectivity index (χ1) is 13.8. The predicted octanol–water partition coefficient (Wildman–Crippen LogP) is 4.80. The molecule has 2 rings (SSSR count). The van der Waals surface area contributed by atoms with Crippen molar-refractivity contribution < 1.29 is 18.3 Å². The summed E-state index contributed by atoms with van der Waals surface area (Å²) in [6, 6.07) is 11.5. The predicted molar refractivity (Wildman–Crippen MR) is 118 cm³/mol. The van der Waals surface area contributed by atoms with Gasteiger partial charge in [-0.15, -0.1) is 11.3 Å². The molecule has 0 radical (unpaired) electrons. The molecule has 1 aromatic heterocycles. The lowest BCUT2D eigenvalue weighted by atomic mass is 10.0. The average Bonchev–Trinajstić information content (AvgIpc) is 3.16. The summed E-state index contributed by atoms with van der Waals surface area (Å²) >= 11 is 1.25. The van der Waals surface area contributed by atoms with E-state index >= 15 is 0 Å². The minimum absolute atomic E-state index is 0.220. The van der Waals surface area contributed by atoms with Gasteiger partial charge in [-0.2, -0.15) is 0 Å². The first-order valence-corrected chi connectivity index (χ1v) is 12.5. The van der Waals surface area contributed by atoms with Crippen molar-refractivity contribution in [2.75, 3.05) is 0 Å². The Balaban J connectivity index is 1.91. The van der Waals surface area contributed by atoms with Crippen molar-refractivity contribution in [3.05, 3.63) is 52.4 Å². The van der Waals surface area contributed by atoms with E-state index in [1.54, 1.807) is 13.0 Å². The van der Waals surface area contributed by atoms with Crippen molar-refractivity contribution in [2.24, 2.45) is 0 Å². The Bertz CT molecular complexity index is 872. The summed E-state index contributed by atoms with van der Waals surface area (Å²) in [4.78, 5) is 11.9. The van der Waals surface area contributed by atoms with Gasteiger partial charge in [0.25, 0.3) is 0 Å². The number of nitrogens with one attached hydrogen (secondary N) is 1. The second-order valence-corrected chi connectivity index (χ2v) is 10.4. The minimum atomic E-state index is -3.69. The van der Waals surface area contributed by atoms with Crippen LogP contribution in [0.15, 0.2) is 40.6 Å². The van der Waals surface area contributed by atoms with Crippen LogP contribution in [0.5, 0.6) is 0 Å². The Hall–Kier alpha value is -1.70. The molecule has 0 aliphatic heterocycles. The van der Waals surface area contributed by atoms with Gasteiger partial charge in [0.15, 0.2) is 0 Å². The Kier molecular flexibility index (Phi) is 9.33. The quantitative estimate of drug-likeness (QED) is 0.441. The molecule has 0 spiro atoms. The van der Waals surface area contributed by atoms with E-state index in [1.807, 2.05) is 6.07 Å². The number of carbonyl (C=O) groups is 1. The van der Waals surface area contributed by atoms with Crippen LogP contribution in [0.2, 0.25) is 0 Å². The molecule has 0 saturated carbocycles. The molecular weight excluding hydrogens is 406 g/mol. The summed E-state index contributed by atoms with van der Waals surface area (Å²) in [6.07, 6.45) is 6.68. The van der Waals surface area contributed by atoms with Crippen LogP contribution in [0.3, 0.4) is 0 Å². The lowest BCUT2D eigenvalue weighted by molar-refractivity contribution is -0.137. The molecule has 160 valence electrons. The highest BCUT2D eigenvalue weighted by atomic mass is 32.2. The van der Waals surface area contributed by atoms with E-state index in [-0.39, 0.29) is 10.6 Å². The van der Waals surface area contributed by atoms with Gasteiger partial charge < -0.3 is 5.11 Å². The van der Waals surface area contributed by atoms with Crippen LogP contribution in [0.25, 0.3) is 0 Å². The summed E-state index contributed by atoms with van der Waals surface area (Å²) < 4.78 is 27.8. The molecule has 0 amide bonds. The van der Waals surface area contributed by atoms with Gasteiger partial charge in [-0.25, -0.2) is 13.1 Å². The lowest BCUT2D eigenvalue weighted by Gasteiger charge is -2.13. The third-order valence-corrected chi connectivity index (χ3v) is 8.05. The van der Waals surface area contributed by atoms with Crippen LogP contribution < -0.4 is 4.72 Å². The van der Waals surface area contributed by atoms with E-state index in [0.717, 1.165) is 24.1 Å². The van der Waals surface area contributed by atoms with E-state index in [9.17, 15) is 13.2 Å². The monoisotopic (exact) mass is 437 g/mol. The highest BCUT2D eigenvalue weighted by Gasteiger charge is 2.22. The highest BCUT2D eigenvalue weighted by Crippen LogP contribution is 2.24. The average molecular weight is 438 g/mol. The van der Waals surface area contributed by atoms with Crippen molar-refractivity contribution >= 4 is 27.3 Å². The largest absolute Gasteiger partial charge is 0.481 e. The molecule has 1 heterocycles. The van der Waals surface area contributed by atoms with Crippen molar-refractivity contribution in [3.8, 4) is 0 Å². The summed E-state index contributed by atoms with van der Waals surface area (Å²) in [5, 5.41) is 8.90. The molecule has 29 heavy (non-hydrogen) atoms. The Morgan fingerprint density at radius 1 is 1.00 bits per heavy atom. The second-order valence-electron chi connectivity index (χ2n) is 7.32. The van der Waals surface area contributed by atoms with Gasteiger partial charge >= 0.3 is 5.97 Å². The van der Waals surface area contributed by atoms with Crippen LogP contribution in [0.4, 0.5) is 0 Å². The van der Waals surface area contributed by atoms with Gasteiger partial charge in [-0.05, 0) is 55.4 Å². The summed E-state index contributed by atoms with van der Waals surface area (Å²) in [6.45, 7) is 3.98. The SMILES string of the molecule is CCCCCc1ccc(CCc2ccc(S(=O)(=O)N[C@@H](CC)CC(=O)O)s2)cc1. The first kappa shape index (κ1) is 23.6. The van der Waals surface area contributed by atoms with Crippen LogP contribution >= 0.6 is 11.3 Å². The number of sulfonamides is 1. The fraction of sp³-hybridized carbons (Fsp3) is 0.500. The molecule has 0 aliphatic carbocycles. The van der Waals surface area contributed by atoms with E-state index in [1.165, 1.54) is 41.7 Å². The minimum Gasteiger partial charge on any atom is -0.481 e. The number of carboxylic acids is 1. The van der Waals surface area contributed by atoms with Gasteiger partial charge in [-0.3, -0.25) is 4.79 Å². The number of unbranched alkanes of at least 4 members (excludes halogenated alkanes) is 2. The van der Waals surface area contributed by atoms with Crippen LogP contribution in [-0.4, -0.2) is 25.5 Å². The fourth-order valence-electron chi connectivity index (χ4n) is 3.11. The molecule has 7 heteroatoms. The molecule has 0 bridgehead atoms. The zero-order valence-electron chi connectivity index (χ0n) is 17.2. The molecule has 1 aromatic carbocycles. The molecule has 0 saturated heterocycles. The van der Waals surface area contributed by atoms with Crippen molar-refractivity contribution in [3.63, 3.8) is 0 Å². The molecule has 5 nitrogen and oxygen atoms in total. The van der Waals surface area contributed by atoms with Gasteiger partial charge in [0.1, 0.15) is 4.21 Å². The van der Waals surface area contributed by atoms with E-state index < -0.39 is 22.0 Å². The van der Waals surface area contributed by atoms with Crippen LogP contribution in [0, 0.1) is 0 Å². The number of hydrogen-bond acceptors (Lipinski definition) is 4. The van der Waals surface area contributed by atoms with Gasteiger partial charge in [0.05, 0.1) is 6.42 Å². The fourth-order valence-corrected chi connectivity index (χ4v) is 5.81. The van der Waals surface area contributed by atoms with E-state index in [0.29, 0.717) is 6.42 Å². The van der Waals surface area contributed by atoms with E-state index in [2.05, 4.69) is 35.9 Å². The normalized spacial score (nSPS) is 12.8. The maximum absolute atomic E-state index is 12.5. The van der Waals surface area contributed by atoms with Gasteiger partial charge in [-0.1, -0.05) is 51.0 Å². The lowest BCUT2D eigenvalue weighted by Crippen LogP contribution is -2.35. The summed E-state index contributed by atoms with van der Waals surface area (Å²) in [7, 11) is -3.69. The number of aryl methyl sites for hydroxylation is 3. The third kappa shape index (κ3) is 7.91. The first-order valence-electron chi connectivity index (χ1n) is 10.2. The molecule has 0 unspecified atom stereocenters. The summed E-state index contributed by atoms with van der Waals surface area (Å²) in [5.41, 5.74) is 2.61. The number of aliphatic carboxylic acids is 1. The zero-order valence-corrected chi connectivity index (χ0v) is 18.8. The molecule has 2 N–H and O–H groups in total. The molecule has 0 fully saturated rings. The van der Waals surface area contributed by atoms with Gasteiger partial charge in [0, 0.05) is 10.9 Å². The topological polar surface area (TPSA) is 83.5 Å². The maximum Gasteiger partial charge on any atom is 0.304 e. The Labute approximate surface area is 178 Å². The van der Waals surface area contributed by atoms with Crippen molar-refractivity contribution in [2.45, 2.75) is 75.5 Å². The standard InChI is InChI=1S/C22H31NO4S2/c1-3-5-6-7-17-8-10-18(11-9-17)12-13-20-14-15-22(28-20)29(26,27)23-19(4-2)16-21(24)25/h8-11,14-15,19,23H,3-7,12-13,16H2,1-2H3,(H,24,25)/t19-/m0/s1. The van der Waals surface area contributed by atoms with Crippen LogP contribution in [-0.2, 0) is 34.1 Å². The number of carboxylic acid groups (broad SMARTS) is 1. The molecule has 2 aromatic rings. The Morgan fingerprint density at radius 3 is 2.24 bits per heavy atom. The number of rotatable bonds is 13. The van der Waals surface area contributed by atoms with Crippen molar-refractivity contribution in [1.82, 2.24) is 4.72 Å². The summed E-state index contributed by atoms with van der Waals surface area (Å²) in [5.74, 6) is -1.01. The zero-order chi connectivity index (χ0) is 21.3. The van der Waals surface area contributed by atoms with E-state index in [4.69, 9.17) is 5.11 Å². The number of thiophene rings is 1. The molecule has 0 aliphatic rings. The number of benzene rings is 1. The van der Waals surface area contributed by atoms with Crippen molar-refractivity contribution in [1.29, 1.82) is 0 Å². The Morgan fingerprint density at radius 2 is 1.66 bits per heavy atom. The number of hydrogen-bond donors (Lipinski definition) is 2. The smallest absolute Gasteiger partial charge is 0.304 e. The molecular formula is C22H31NO4S2. The third-order valence-electron chi connectivity index (χ3n) is 4.89. The highest BCUT2D eigenvalue weighted by molar-refractivity contribution is 7.91.